The Balaban J connectivity index is 1.78. The normalized spacial score (nSPS) is 14.3. The van der Waals surface area contributed by atoms with Gasteiger partial charge in [0.25, 0.3) is 0 Å². The van der Waals surface area contributed by atoms with Crippen LogP contribution in [-0.4, -0.2) is 29.7 Å². The maximum absolute atomic E-state index is 5.61. The molecule has 0 atom stereocenters. The van der Waals surface area contributed by atoms with Crippen LogP contribution in [0.3, 0.4) is 0 Å². The van der Waals surface area contributed by atoms with Gasteiger partial charge in [0, 0.05) is 31.7 Å². The first kappa shape index (κ1) is 15.0. The third kappa shape index (κ3) is 4.31. The molecular formula is C14H25N5O. The molecule has 0 radical (unpaired) electrons. The van der Waals surface area contributed by atoms with E-state index in [9.17, 15) is 0 Å². The quantitative estimate of drug-likeness (QED) is 0.363. The standard InChI is InChI=1S/C14H25N5O/c1-3-12-17-13(10(2)14(18-12)19-15)16-7-4-8-20-9-11-5-6-11/h11H,3-9,15H2,1-2H3,(H2,16,17,18,19). The van der Waals surface area contributed by atoms with Crippen molar-refractivity contribution in [2.24, 2.45) is 11.8 Å². The van der Waals surface area contributed by atoms with E-state index in [-0.39, 0.29) is 0 Å². The Morgan fingerprint density at radius 2 is 2.05 bits per heavy atom. The van der Waals surface area contributed by atoms with Gasteiger partial charge in [-0.1, -0.05) is 6.92 Å². The summed E-state index contributed by atoms with van der Waals surface area (Å²) in [6, 6.07) is 0. The first-order valence-electron chi connectivity index (χ1n) is 7.40. The Kier molecular flexibility index (Phi) is 5.55. The monoisotopic (exact) mass is 279 g/mol. The first-order valence-corrected chi connectivity index (χ1v) is 7.40. The van der Waals surface area contributed by atoms with Crippen molar-refractivity contribution in [3.63, 3.8) is 0 Å². The molecule has 1 aliphatic carbocycles. The molecule has 0 amide bonds. The minimum Gasteiger partial charge on any atom is -0.381 e. The van der Waals surface area contributed by atoms with Crippen molar-refractivity contribution in [3.8, 4) is 0 Å². The second-order valence-corrected chi connectivity index (χ2v) is 5.26. The third-order valence-corrected chi connectivity index (χ3v) is 3.45. The van der Waals surface area contributed by atoms with Crippen LogP contribution in [-0.2, 0) is 11.2 Å². The number of aryl methyl sites for hydroxylation is 1. The van der Waals surface area contributed by atoms with Gasteiger partial charge in [-0.25, -0.2) is 15.8 Å². The van der Waals surface area contributed by atoms with Crippen molar-refractivity contribution in [2.75, 3.05) is 30.5 Å². The van der Waals surface area contributed by atoms with Crippen molar-refractivity contribution < 1.29 is 4.74 Å². The number of hydrazine groups is 1. The smallest absolute Gasteiger partial charge is 0.148 e. The Labute approximate surface area is 120 Å². The fourth-order valence-electron chi connectivity index (χ4n) is 1.95. The van der Waals surface area contributed by atoms with Crippen LogP contribution in [0.1, 0.15) is 37.6 Å². The van der Waals surface area contributed by atoms with Gasteiger partial charge in [0.2, 0.25) is 0 Å². The highest BCUT2D eigenvalue weighted by atomic mass is 16.5. The second kappa shape index (κ2) is 7.40. The number of nitrogens with zero attached hydrogens (tertiary/aromatic N) is 2. The fourth-order valence-corrected chi connectivity index (χ4v) is 1.95. The van der Waals surface area contributed by atoms with Crippen molar-refractivity contribution in [1.29, 1.82) is 0 Å². The molecule has 0 unspecified atom stereocenters. The van der Waals surface area contributed by atoms with E-state index in [2.05, 4.69) is 20.7 Å². The van der Waals surface area contributed by atoms with Crippen molar-refractivity contribution in [1.82, 2.24) is 9.97 Å². The summed E-state index contributed by atoms with van der Waals surface area (Å²) in [5.41, 5.74) is 3.57. The summed E-state index contributed by atoms with van der Waals surface area (Å²) in [6.07, 6.45) is 4.44. The van der Waals surface area contributed by atoms with E-state index in [0.29, 0.717) is 5.82 Å². The van der Waals surface area contributed by atoms with Gasteiger partial charge in [-0.2, -0.15) is 0 Å². The topological polar surface area (TPSA) is 85.1 Å². The van der Waals surface area contributed by atoms with E-state index >= 15 is 0 Å². The number of anilines is 2. The second-order valence-electron chi connectivity index (χ2n) is 5.26. The van der Waals surface area contributed by atoms with E-state index in [1.165, 1.54) is 12.8 Å². The minimum absolute atomic E-state index is 0.685. The summed E-state index contributed by atoms with van der Waals surface area (Å²) in [7, 11) is 0. The highest BCUT2D eigenvalue weighted by Gasteiger charge is 2.20. The van der Waals surface area contributed by atoms with Crippen LogP contribution in [0, 0.1) is 12.8 Å². The molecule has 0 saturated heterocycles. The molecule has 1 saturated carbocycles. The maximum Gasteiger partial charge on any atom is 0.148 e. The van der Waals surface area contributed by atoms with Gasteiger partial charge in [0.05, 0.1) is 0 Å². The highest BCUT2D eigenvalue weighted by Crippen LogP contribution is 2.28. The van der Waals surface area contributed by atoms with Crippen LogP contribution in [0.2, 0.25) is 0 Å². The maximum atomic E-state index is 5.61. The summed E-state index contributed by atoms with van der Waals surface area (Å²) < 4.78 is 5.61. The van der Waals surface area contributed by atoms with Gasteiger partial charge in [0.15, 0.2) is 0 Å². The first-order chi connectivity index (χ1) is 9.74. The van der Waals surface area contributed by atoms with Crippen LogP contribution >= 0.6 is 0 Å². The van der Waals surface area contributed by atoms with E-state index in [4.69, 9.17) is 10.6 Å². The number of nitrogen functional groups attached to an aromatic ring is 1. The van der Waals surface area contributed by atoms with E-state index < -0.39 is 0 Å². The molecule has 6 nitrogen and oxygen atoms in total. The molecular weight excluding hydrogens is 254 g/mol. The molecule has 1 aromatic heterocycles. The predicted octanol–water partition coefficient (Wildman–Crippen LogP) is 1.86. The van der Waals surface area contributed by atoms with E-state index in [1.54, 1.807) is 0 Å². The molecule has 4 N–H and O–H groups in total. The van der Waals surface area contributed by atoms with Crippen molar-refractivity contribution in [2.45, 2.75) is 39.5 Å². The summed E-state index contributed by atoms with van der Waals surface area (Å²) >= 11 is 0. The molecule has 6 heteroatoms. The van der Waals surface area contributed by atoms with Crippen LogP contribution in [0.4, 0.5) is 11.6 Å². The molecule has 0 spiro atoms. The lowest BCUT2D eigenvalue weighted by atomic mass is 10.3. The number of aromatic nitrogens is 2. The Morgan fingerprint density at radius 3 is 2.70 bits per heavy atom. The Morgan fingerprint density at radius 1 is 1.30 bits per heavy atom. The third-order valence-electron chi connectivity index (χ3n) is 3.45. The van der Waals surface area contributed by atoms with Gasteiger partial charge in [-0.05, 0) is 32.1 Å². The molecule has 112 valence electrons. The van der Waals surface area contributed by atoms with Gasteiger partial charge in [0.1, 0.15) is 17.5 Å². The van der Waals surface area contributed by atoms with Crippen molar-refractivity contribution in [3.05, 3.63) is 11.4 Å². The summed E-state index contributed by atoms with van der Waals surface area (Å²) in [4.78, 5) is 8.84. The Bertz CT molecular complexity index is 434. The van der Waals surface area contributed by atoms with Crippen LogP contribution in [0.5, 0.6) is 0 Å². The average Bonchev–Trinajstić information content (AvgIpc) is 3.28. The lowest BCUT2D eigenvalue weighted by Crippen LogP contribution is -2.15. The lowest BCUT2D eigenvalue weighted by Gasteiger charge is -2.13. The van der Waals surface area contributed by atoms with E-state index in [1.807, 2.05) is 13.8 Å². The predicted molar refractivity (Wildman–Crippen MR) is 80.6 cm³/mol. The van der Waals surface area contributed by atoms with Gasteiger partial charge >= 0.3 is 0 Å². The number of hydrogen-bond acceptors (Lipinski definition) is 6. The van der Waals surface area contributed by atoms with Crippen LogP contribution in [0.25, 0.3) is 0 Å². The molecule has 0 bridgehead atoms. The van der Waals surface area contributed by atoms with E-state index in [0.717, 1.165) is 55.7 Å². The Hall–Kier alpha value is -1.40. The lowest BCUT2D eigenvalue weighted by molar-refractivity contribution is 0.124. The van der Waals surface area contributed by atoms with Gasteiger partial charge < -0.3 is 15.5 Å². The van der Waals surface area contributed by atoms with Crippen LogP contribution < -0.4 is 16.6 Å². The van der Waals surface area contributed by atoms with Crippen molar-refractivity contribution >= 4 is 11.6 Å². The average molecular weight is 279 g/mol. The molecule has 20 heavy (non-hydrogen) atoms. The van der Waals surface area contributed by atoms with Gasteiger partial charge in [-0.15, -0.1) is 0 Å². The number of rotatable bonds is 9. The minimum atomic E-state index is 0.685. The fraction of sp³-hybridized carbons (Fsp3) is 0.714. The molecule has 0 aromatic carbocycles. The number of nitrogens with one attached hydrogen (secondary N) is 2. The molecule has 1 aromatic rings. The molecule has 1 heterocycles. The zero-order valence-corrected chi connectivity index (χ0v) is 12.4. The zero-order valence-electron chi connectivity index (χ0n) is 12.4. The summed E-state index contributed by atoms with van der Waals surface area (Å²) in [5.74, 6) is 8.64. The highest BCUT2D eigenvalue weighted by molar-refractivity contribution is 5.56. The molecule has 1 fully saturated rings. The zero-order chi connectivity index (χ0) is 14.4. The number of ether oxygens (including phenoxy) is 1. The van der Waals surface area contributed by atoms with Crippen LogP contribution in [0.15, 0.2) is 0 Å². The number of hydrogen-bond donors (Lipinski definition) is 3. The SMILES string of the molecule is CCc1nc(NN)c(C)c(NCCCOCC2CC2)n1. The summed E-state index contributed by atoms with van der Waals surface area (Å²) in [6.45, 7) is 6.56. The molecule has 0 aliphatic heterocycles. The largest absolute Gasteiger partial charge is 0.381 e. The number of nitrogens with two attached hydrogens (primary N) is 1. The summed E-state index contributed by atoms with van der Waals surface area (Å²) in [5, 5.41) is 3.34. The molecule has 2 rings (SSSR count). The van der Waals surface area contributed by atoms with Gasteiger partial charge in [-0.3, -0.25) is 0 Å². The molecule has 1 aliphatic rings.